The first-order valence-corrected chi connectivity index (χ1v) is 13.7. The summed E-state index contributed by atoms with van der Waals surface area (Å²) in [5, 5.41) is 0. The summed E-state index contributed by atoms with van der Waals surface area (Å²) >= 11 is 0. The zero-order valence-corrected chi connectivity index (χ0v) is 22.0. The molecule has 0 radical (unpaired) electrons. The van der Waals surface area contributed by atoms with E-state index in [0.717, 1.165) is 12.5 Å². The summed E-state index contributed by atoms with van der Waals surface area (Å²) in [6.07, 6.45) is 13.3. The van der Waals surface area contributed by atoms with E-state index in [-0.39, 0.29) is 16.8 Å². The molecule has 4 heteroatoms. The molecule has 0 heterocycles. The van der Waals surface area contributed by atoms with E-state index in [1.54, 1.807) is 0 Å². The van der Waals surface area contributed by atoms with Gasteiger partial charge in [0.2, 0.25) is 0 Å². The van der Waals surface area contributed by atoms with Crippen LogP contribution in [0, 0.1) is 0 Å². The molecule has 28 heavy (non-hydrogen) atoms. The van der Waals surface area contributed by atoms with Crippen molar-refractivity contribution >= 4 is 8.80 Å². The van der Waals surface area contributed by atoms with Gasteiger partial charge < -0.3 is 13.3 Å². The van der Waals surface area contributed by atoms with Crippen molar-refractivity contribution in [2.45, 2.75) is 156 Å². The largest absolute Gasteiger partial charge is 0.502 e. The SMILES string of the molecule is CCCCCCCCCCCC[Si](OC(C)(C)C)(OC(C)(C)C)OC(C)(C)C. The minimum Gasteiger partial charge on any atom is -0.368 e. The predicted molar refractivity (Wildman–Crippen MR) is 125 cm³/mol. The van der Waals surface area contributed by atoms with E-state index < -0.39 is 8.80 Å². The highest BCUT2D eigenvalue weighted by Crippen LogP contribution is 2.33. The Bertz CT molecular complexity index is 347. The second-order valence-corrected chi connectivity index (χ2v) is 13.7. The Kier molecular flexibility index (Phi) is 12.8. The lowest BCUT2D eigenvalue weighted by molar-refractivity contribution is -0.0755. The molecule has 0 N–H and O–H groups in total. The molecule has 0 aliphatic carbocycles. The van der Waals surface area contributed by atoms with Crippen molar-refractivity contribution in [2.75, 3.05) is 0 Å². The molecule has 0 bridgehead atoms. The van der Waals surface area contributed by atoms with Crippen molar-refractivity contribution < 1.29 is 13.3 Å². The standard InChI is InChI=1S/C24H52O3Si/c1-11-12-13-14-15-16-17-18-19-20-21-28(25-22(2,3)4,26-23(5,6)7)27-24(8,9)10/h11-21H2,1-10H3. The Balaban J connectivity index is 4.66. The minimum atomic E-state index is -2.79. The van der Waals surface area contributed by atoms with E-state index in [1.807, 2.05) is 0 Å². The molecule has 0 atom stereocenters. The van der Waals surface area contributed by atoms with Gasteiger partial charge in [0.1, 0.15) is 0 Å². The van der Waals surface area contributed by atoms with Crippen molar-refractivity contribution in [1.82, 2.24) is 0 Å². The Hall–Kier alpha value is 0.0969. The molecule has 0 aromatic carbocycles. The second kappa shape index (κ2) is 12.7. The van der Waals surface area contributed by atoms with Gasteiger partial charge in [0.25, 0.3) is 0 Å². The summed E-state index contributed by atoms with van der Waals surface area (Å²) in [4.78, 5) is 0. The number of unbranched alkanes of at least 4 members (excludes halogenated alkanes) is 9. The highest BCUT2D eigenvalue weighted by atomic mass is 28.4. The van der Waals surface area contributed by atoms with Crippen molar-refractivity contribution in [2.24, 2.45) is 0 Å². The maximum absolute atomic E-state index is 6.55. The fourth-order valence-electron chi connectivity index (χ4n) is 3.44. The van der Waals surface area contributed by atoms with Gasteiger partial charge in [-0.2, -0.15) is 0 Å². The molecule has 0 fully saturated rings. The van der Waals surface area contributed by atoms with Gasteiger partial charge in [0.15, 0.2) is 0 Å². The van der Waals surface area contributed by atoms with Crippen LogP contribution in [0.2, 0.25) is 6.04 Å². The Morgan fingerprint density at radius 3 is 1.04 bits per heavy atom. The van der Waals surface area contributed by atoms with Crippen LogP contribution >= 0.6 is 0 Å². The monoisotopic (exact) mass is 416 g/mol. The minimum absolute atomic E-state index is 0.277. The summed E-state index contributed by atoms with van der Waals surface area (Å²) in [6.45, 7) is 21.2. The van der Waals surface area contributed by atoms with E-state index in [2.05, 4.69) is 69.2 Å². The molecule has 170 valence electrons. The molecule has 0 spiro atoms. The Labute approximate surface area is 178 Å². The fraction of sp³-hybridized carbons (Fsp3) is 1.00. The molecular weight excluding hydrogens is 364 g/mol. The fourth-order valence-corrected chi connectivity index (χ4v) is 7.36. The molecule has 0 saturated carbocycles. The summed E-state index contributed by atoms with van der Waals surface area (Å²) in [5.74, 6) is 0. The van der Waals surface area contributed by atoms with Gasteiger partial charge in [-0.25, -0.2) is 0 Å². The van der Waals surface area contributed by atoms with E-state index in [1.165, 1.54) is 57.8 Å². The van der Waals surface area contributed by atoms with Crippen LogP contribution in [0.1, 0.15) is 133 Å². The maximum atomic E-state index is 6.55. The molecule has 0 aromatic rings. The predicted octanol–water partition coefficient (Wildman–Crippen LogP) is 8.29. The van der Waals surface area contributed by atoms with E-state index in [4.69, 9.17) is 13.3 Å². The van der Waals surface area contributed by atoms with Gasteiger partial charge >= 0.3 is 8.80 Å². The van der Waals surface area contributed by atoms with Gasteiger partial charge in [0, 0.05) is 6.04 Å². The smallest absolute Gasteiger partial charge is 0.368 e. The molecule has 0 aromatic heterocycles. The summed E-state index contributed by atoms with van der Waals surface area (Å²) in [7, 11) is -2.79. The van der Waals surface area contributed by atoms with Crippen LogP contribution in [0.4, 0.5) is 0 Å². The second-order valence-electron chi connectivity index (χ2n) is 11.3. The zero-order chi connectivity index (χ0) is 21.9. The highest BCUT2D eigenvalue weighted by Gasteiger charge is 2.49. The van der Waals surface area contributed by atoms with Crippen molar-refractivity contribution in [3.63, 3.8) is 0 Å². The first-order chi connectivity index (χ1) is 12.7. The highest BCUT2D eigenvalue weighted by molar-refractivity contribution is 6.61. The van der Waals surface area contributed by atoms with Crippen LogP contribution < -0.4 is 0 Å². The lowest BCUT2D eigenvalue weighted by Crippen LogP contribution is -2.57. The summed E-state index contributed by atoms with van der Waals surface area (Å²) < 4.78 is 19.7. The molecule has 0 saturated heterocycles. The summed E-state index contributed by atoms with van der Waals surface area (Å²) in [6, 6.07) is 0.898. The van der Waals surface area contributed by atoms with Gasteiger partial charge in [0.05, 0.1) is 16.8 Å². The van der Waals surface area contributed by atoms with Gasteiger partial charge in [-0.15, -0.1) is 0 Å². The first-order valence-electron chi connectivity index (χ1n) is 11.8. The van der Waals surface area contributed by atoms with Gasteiger partial charge in [-0.05, 0) is 68.7 Å². The van der Waals surface area contributed by atoms with Crippen LogP contribution in [0.3, 0.4) is 0 Å². The molecule has 0 aliphatic rings. The quantitative estimate of drug-likeness (QED) is 0.210. The van der Waals surface area contributed by atoms with Crippen molar-refractivity contribution in [3.8, 4) is 0 Å². The van der Waals surface area contributed by atoms with Crippen LogP contribution in [0.15, 0.2) is 0 Å². The lowest BCUT2D eigenvalue weighted by atomic mass is 10.1. The maximum Gasteiger partial charge on any atom is 0.502 e. The molecule has 0 unspecified atom stereocenters. The van der Waals surface area contributed by atoms with Gasteiger partial charge in [-0.1, -0.05) is 64.7 Å². The third kappa shape index (κ3) is 17.0. The third-order valence-corrected chi connectivity index (χ3v) is 7.96. The Morgan fingerprint density at radius 1 is 0.464 bits per heavy atom. The third-order valence-electron chi connectivity index (χ3n) is 4.22. The van der Waals surface area contributed by atoms with Crippen LogP contribution in [-0.4, -0.2) is 25.6 Å². The van der Waals surface area contributed by atoms with E-state index in [0.29, 0.717) is 0 Å². The molecule has 3 nitrogen and oxygen atoms in total. The topological polar surface area (TPSA) is 27.7 Å². The zero-order valence-electron chi connectivity index (χ0n) is 21.0. The van der Waals surface area contributed by atoms with Crippen molar-refractivity contribution in [3.05, 3.63) is 0 Å². The lowest BCUT2D eigenvalue weighted by Gasteiger charge is -2.43. The van der Waals surface area contributed by atoms with Crippen LogP contribution in [0.5, 0.6) is 0 Å². The number of hydrogen-bond acceptors (Lipinski definition) is 3. The van der Waals surface area contributed by atoms with Crippen LogP contribution in [0.25, 0.3) is 0 Å². The van der Waals surface area contributed by atoms with E-state index in [9.17, 15) is 0 Å². The average molecular weight is 417 g/mol. The van der Waals surface area contributed by atoms with Crippen molar-refractivity contribution in [1.29, 1.82) is 0 Å². The molecule has 0 aliphatic heterocycles. The van der Waals surface area contributed by atoms with E-state index >= 15 is 0 Å². The van der Waals surface area contributed by atoms with Crippen LogP contribution in [-0.2, 0) is 13.3 Å². The molecule has 0 rings (SSSR count). The average Bonchev–Trinajstić information content (AvgIpc) is 2.43. The number of hydrogen-bond donors (Lipinski definition) is 0. The Morgan fingerprint density at radius 2 is 0.750 bits per heavy atom. The first kappa shape index (κ1) is 28.1. The molecule has 0 amide bonds. The van der Waals surface area contributed by atoms with Gasteiger partial charge in [-0.3, -0.25) is 0 Å². The molecular formula is C24H52O3Si. The summed E-state index contributed by atoms with van der Waals surface area (Å²) in [5.41, 5.74) is -0.830. The normalized spacial score (nSPS) is 13.9. The number of rotatable bonds is 14.